The van der Waals surface area contributed by atoms with Gasteiger partial charge in [-0.1, -0.05) is 31.7 Å². The van der Waals surface area contributed by atoms with Gasteiger partial charge < -0.3 is 9.47 Å². The minimum Gasteiger partial charge on any atom is -0.489 e. The number of esters is 1. The summed E-state index contributed by atoms with van der Waals surface area (Å²) in [5.74, 6) is 0.130. The third-order valence-electron chi connectivity index (χ3n) is 1.90. The van der Waals surface area contributed by atoms with Crippen LogP contribution in [0.3, 0.4) is 0 Å². The molecule has 0 aromatic heterocycles. The molecule has 0 fully saturated rings. The molecule has 0 N–H and O–H groups in total. The van der Waals surface area contributed by atoms with E-state index in [1.54, 1.807) is 18.2 Å². The van der Waals surface area contributed by atoms with Crippen molar-refractivity contribution in [3.63, 3.8) is 0 Å². The summed E-state index contributed by atoms with van der Waals surface area (Å²) < 4.78 is 10.0. The molecular weight excluding hydrogens is 204 g/mol. The van der Waals surface area contributed by atoms with Gasteiger partial charge >= 0.3 is 5.97 Å². The highest BCUT2D eigenvalue weighted by molar-refractivity contribution is 5.92. The van der Waals surface area contributed by atoms with Gasteiger partial charge in [-0.2, -0.15) is 0 Å². The quantitative estimate of drug-likeness (QED) is 0.580. The molecule has 88 valence electrons. The Bertz CT molecular complexity index is 369. The highest BCUT2D eigenvalue weighted by Gasteiger charge is 2.12. The van der Waals surface area contributed by atoms with Crippen molar-refractivity contribution >= 4 is 5.97 Å². The molecule has 1 rings (SSSR count). The van der Waals surface area contributed by atoms with E-state index in [0.717, 1.165) is 5.56 Å². The van der Waals surface area contributed by atoms with Gasteiger partial charge in [0.1, 0.15) is 17.9 Å². The predicted molar refractivity (Wildman–Crippen MR) is 64.9 cm³/mol. The largest absolute Gasteiger partial charge is 0.489 e. The van der Waals surface area contributed by atoms with Gasteiger partial charge in [0.15, 0.2) is 0 Å². The highest BCUT2D eigenvalue weighted by atomic mass is 16.5. The summed E-state index contributed by atoms with van der Waals surface area (Å²) in [6.07, 6.45) is 1.63. The molecule has 0 saturated heterocycles. The fourth-order valence-electron chi connectivity index (χ4n) is 1.19. The number of hydrogen-bond donors (Lipinski definition) is 0. The van der Waals surface area contributed by atoms with Gasteiger partial charge in [-0.05, 0) is 19.1 Å². The normalized spacial score (nSPS) is 8.88. The van der Waals surface area contributed by atoms with Crippen molar-refractivity contribution in [3.05, 3.63) is 42.0 Å². The Morgan fingerprint density at radius 2 is 2.19 bits per heavy atom. The van der Waals surface area contributed by atoms with Crippen LogP contribution in [0.15, 0.2) is 30.9 Å². The van der Waals surface area contributed by atoms with Crippen molar-refractivity contribution in [2.24, 2.45) is 0 Å². The van der Waals surface area contributed by atoms with E-state index in [2.05, 4.69) is 11.3 Å². The number of carbonyl (C=O) groups excluding carboxylic acids is 1. The van der Waals surface area contributed by atoms with Crippen LogP contribution in [-0.4, -0.2) is 19.7 Å². The topological polar surface area (TPSA) is 35.5 Å². The predicted octanol–water partition coefficient (Wildman–Crippen LogP) is 2.98. The lowest BCUT2D eigenvalue weighted by molar-refractivity contribution is 0.0596. The molecule has 0 aliphatic carbocycles. The molecule has 1 aromatic rings. The van der Waals surface area contributed by atoms with E-state index in [1.807, 2.05) is 13.0 Å². The monoisotopic (exact) mass is 222 g/mol. The van der Waals surface area contributed by atoms with Gasteiger partial charge in [0.2, 0.25) is 0 Å². The van der Waals surface area contributed by atoms with E-state index >= 15 is 0 Å². The molecular formula is C13H18O3. The Labute approximate surface area is 96.7 Å². The third kappa shape index (κ3) is 3.42. The fourth-order valence-corrected chi connectivity index (χ4v) is 1.19. The molecule has 3 nitrogen and oxygen atoms in total. The Hall–Kier alpha value is -1.77. The van der Waals surface area contributed by atoms with Crippen molar-refractivity contribution in [2.45, 2.75) is 14.4 Å². The Balaban J connectivity index is 0.00000225. The smallest absolute Gasteiger partial charge is 0.341 e. The molecule has 0 radical (unpaired) electrons. The van der Waals surface area contributed by atoms with Crippen LogP contribution in [0.4, 0.5) is 0 Å². The maximum Gasteiger partial charge on any atom is 0.341 e. The first-order chi connectivity index (χ1) is 7.19. The first-order valence-corrected chi connectivity index (χ1v) is 4.61. The molecule has 1 aromatic carbocycles. The molecule has 0 bridgehead atoms. The van der Waals surface area contributed by atoms with Gasteiger partial charge in [0, 0.05) is 0 Å². The molecule has 0 spiro atoms. The first-order valence-electron chi connectivity index (χ1n) is 4.61. The van der Waals surface area contributed by atoms with Crippen LogP contribution < -0.4 is 4.74 Å². The van der Waals surface area contributed by atoms with E-state index in [9.17, 15) is 4.79 Å². The summed E-state index contributed by atoms with van der Waals surface area (Å²) in [6.45, 7) is 5.82. The zero-order chi connectivity index (χ0) is 11.3. The SMILES string of the molecule is C.C=CCOc1ccc(C)cc1C(=O)OC. The Morgan fingerprint density at radius 3 is 2.75 bits per heavy atom. The van der Waals surface area contributed by atoms with Crippen LogP contribution in [0.25, 0.3) is 0 Å². The van der Waals surface area contributed by atoms with Crippen LogP contribution in [0, 0.1) is 6.92 Å². The Kier molecular flexibility index (Phi) is 5.93. The van der Waals surface area contributed by atoms with Crippen molar-refractivity contribution in [1.29, 1.82) is 0 Å². The fraction of sp³-hybridized carbons (Fsp3) is 0.308. The third-order valence-corrected chi connectivity index (χ3v) is 1.90. The van der Waals surface area contributed by atoms with E-state index in [0.29, 0.717) is 17.9 Å². The number of methoxy groups -OCH3 is 1. The van der Waals surface area contributed by atoms with Crippen molar-refractivity contribution in [2.75, 3.05) is 13.7 Å². The summed E-state index contributed by atoms with van der Waals surface area (Å²) >= 11 is 0. The van der Waals surface area contributed by atoms with Crippen LogP contribution >= 0.6 is 0 Å². The molecule has 0 heterocycles. The van der Waals surface area contributed by atoms with Gasteiger partial charge in [-0.3, -0.25) is 0 Å². The lowest BCUT2D eigenvalue weighted by atomic mass is 10.1. The van der Waals surface area contributed by atoms with E-state index < -0.39 is 5.97 Å². The molecule has 16 heavy (non-hydrogen) atoms. The molecule has 0 atom stereocenters. The zero-order valence-corrected chi connectivity index (χ0v) is 8.95. The summed E-state index contributed by atoms with van der Waals surface area (Å²) in [5.41, 5.74) is 1.43. The molecule has 0 aliphatic rings. The average molecular weight is 222 g/mol. The maximum absolute atomic E-state index is 11.4. The number of aryl methyl sites for hydroxylation is 1. The van der Waals surface area contributed by atoms with Crippen LogP contribution in [-0.2, 0) is 4.74 Å². The number of rotatable bonds is 4. The summed E-state index contributed by atoms with van der Waals surface area (Å²) in [7, 11) is 1.35. The molecule has 3 heteroatoms. The summed E-state index contributed by atoms with van der Waals surface area (Å²) in [4.78, 5) is 11.4. The Morgan fingerprint density at radius 1 is 1.50 bits per heavy atom. The van der Waals surface area contributed by atoms with Gasteiger partial charge in [0.05, 0.1) is 7.11 Å². The summed E-state index contributed by atoms with van der Waals surface area (Å²) in [5, 5.41) is 0. The van der Waals surface area contributed by atoms with E-state index in [4.69, 9.17) is 4.74 Å². The van der Waals surface area contributed by atoms with Crippen molar-refractivity contribution < 1.29 is 14.3 Å². The standard InChI is InChI=1S/C12H14O3.CH4/c1-4-7-15-11-6-5-9(2)8-10(11)12(13)14-3;/h4-6,8H,1,7H2,2-3H3;1H4. The lowest BCUT2D eigenvalue weighted by Gasteiger charge is -2.09. The maximum atomic E-state index is 11.4. The lowest BCUT2D eigenvalue weighted by Crippen LogP contribution is -2.06. The first kappa shape index (κ1) is 14.2. The van der Waals surface area contributed by atoms with Gasteiger partial charge in [0.25, 0.3) is 0 Å². The highest BCUT2D eigenvalue weighted by Crippen LogP contribution is 2.20. The second kappa shape index (κ2) is 6.67. The molecule has 0 aliphatic heterocycles. The number of hydrogen-bond acceptors (Lipinski definition) is 3. The zero-order valence-electron chi connectivity index (χ0n) is 8.95. The summed E-state index contributed by atoms with van der Waals surface area (Å²) in [6, 6.07) is 5.38. The van der Waals surface area contributed by atoms with Gasteiger partial charge in [-0.25, -0.2) is 4.79 Å². The number of ether oxygens (including phenoxy) is 2. The van der Waals surface area contributed by atoms with Crippen molar-refractivity contribution in [3.8, 4) is 5.75 Å². The molecule has 0 saturated carbocycles. The van der Waals surface area contributed by atoms with E-state index in [-0.39, 0.29) is 7.43 Å². The second-order valence-electron chi connectivity index (χ2n) is 3.09. The van der Waals surface area contributed by atoms with Gasteiger partial charge in [-0.15, -0.1) is 0 Å². The molecule has 0 amide bonds. The minimum atomic E-state index is -0.391. The van der Waals surface area contributed by atoms with Crippen LogP contribution in [0.2, 0.25) is 0 Å². The van der Waals surface area contributed by atoms with Crippen LogP contribution in [0.5, 0.6) is 5.75 Å². The average Bonchev–Trinajstić information content (AvgIpc) is 2.26. The number of carbonyl (C=O) groups is 1. The number of benzene rings is 1. The second-order valence-corrected chi connectivity index (χ2v) is 3.09. The van der Waals surface area contributed by atoms with E-state index in [1.165, 1.54) is 7.11 Å². The molecule has 0 unspecified atom stereocenters. The van der Waals surface area contributed by atoms with Crippen LogP contribution in [0.1, 0.15) is 23.3 Å². The van der Waals surface area contributed by atoms with Crippen molar-refractivity contribution in [1.82, 2.24) is 0 Å². The minimum absolute atomic E-state index is 0.